The summed E-state index contributed by atoms with van der Waals surface area (Å²) in [5.41, 5.74) is 1.05. The largest absolute Gasteiger partial charge is 0.321 e. The smallest absolute Gasteiger partial charge is 0.264 e. The maximum atomic E-state index is 11.8. The highest BCUT2D eigenvalue weighted by molar-refractivity contribution is 9.10. The molecule has 0 aliphatic carbocycles. The maximum absolute atomic E-state index is 11.8. The van der Waals surface area contributed by atoms with Crippen molar-refractivity contribution in [3.05, 3.63) is 49.5 Å². The molecule has 88 valence electrons. The number of aromatic nitrogens is 1. The number of pyridine rings is 1. The molecule has 0 fully saturated rings. The number of aryl methyl sites for hydroxylation is 1. The molecule has 0 aliphatic rings. The Hall–Kier alpha value is -1.40. The summed E-state index contributed by atoms with van der Waals surface area (Å²) in [4.78, 5) is 23.2. The highest BCUT2D eigenvalue weighted by Crippen LogP contribution is 2.14. The van der Waals surface area contributed by atoms with Gasteiger partial charge < -0.3 is 9.88 Å². The zero-order valence-electron chi connectivity index (χ0n) is 8.94. The van der Waals surface area contributed by atoms with Gasteiger partial charge in [-0.25, -0.2) is 0 Å². The third kappa shape index (κ3) is 2.65. The third-order valence-corrected chi connectivity index (χ3v) is 3.43. The molecule has 0 radical (unpaired) electrons. The highest BCUT2D eigenvalue weighted by Gasteiger charge is 2.08. The lowest BCUT2D eigenvalue weighted by atomic mass is 10.3. The molecule has 2 aromatic rings. The van der Waals surface area contributed by atoms with Gasteiger partial charge in [0.2, 0.25) is 0 Å². The zero-order valence-corrected chi connectivity index (χ0v) is 11.3. The molecule has 0 unspecified atom stereocenters. The molecule has 4 nitrogen and oxygen atoms in total. The summed E-state index contributed by atoms with van der Waals surface area (Å²) < 4.78 is 1.83. The van der Waals surface area contributed by atoms with Crippen LogP contribution in [0.3, 0.4) is 0 Å². The van der Waals surface area contributed by atoms with Crippen molar-refractivity contribution in [3.8, 4) is 0 Å². The van der Waals surface area contributed by atoms with E-state index in [4.69, 9.17) is 0 Å². The lowest BCUT2D eigenvalue weighted by Gasteiger charge is -2.06. The van der Waals surface area contributed by atoms with Gasteiger partial charge in [-0.05, 0) is 33.4 Å². The number of amides is 1. The van der Waals surface area contributed by atoms with Crippen LogP contribution >= 0.6 is 27.3 Å². The van der Waals surface area contributed by atoms with E-state index in [1.807, 2.05) is 5.38 Å². The first-order valence-electron chi connectivity index (χ1n) is 4.77. The monoisotopic (exact) mass is 312 g/mol. The van der Waals surface area contributed by atoms with E-state index < -0.39 is 0 Å². The Morgan fingerprint density at radius 2 is 2.29 bits per heavy atom. The second-order valence-electron chi connectivity index (χ2n) is 3.46. The predicted molar refractivity (Wildman–Crippen MR) is 71.7 cm³/mol. The Labute approximate surface area is 110 Å². The minimum absolute atomic E-state index is 0.140. The van der Waals surface area contributed by atoms with Gasteiger partial charge in [-0.2, -0.15) is 11.3 Å². The standard InChI is InChI=1S/C11H9BrN2O2S/c1-14-5-8(4-9(12)11(14)16)13-10(15)7-2-3-17-6-7/h2-6H,1H3,(H,13,15). The molecule has 0 aliphatic heterocycles. The van der Waals surface area contributed by atoms with E-state index in [0.29, 0.717) is 15.7 Å². The molecule has 0 spiro atoms. The van der Waals surface area contributed by atoms with Gasteiger partial charge in [-0.1, -0.05) is 0 Å². The summed E-state index contributed by atoms with van der Waals surface area (Å²) in [6.45, 7) is 0. The van der Waals surface area contributed by atoms with Crippen molar-refractivity contribution in [2.75, 3.05) is 5.32 Å². The van der Waals surface area contributed by atoms with Crippen molar-refractivity contribution < 1.29 is 4.79 Å². The van der Waals surface area contributed by atoms with Gasteiger partial charge in [-0.15, -0.1) is 0 Å². The van der Waals surface area contributed by atoms with Gasteiger partial charge in [0.05, 0.1) is 15.7 Å². The van der Waals surface area contributed by atoms with E-state index in [2.05, 4.69) is 21.2 Å². The molecular weight excluding hydrogens is 304 g/mol. The highest BCUT2D eigenvalue weighted by atomic mass is 79.9. The van der Waals surface area contributed by atoms with Crippen LogP contribution < -0.4 is 10.9 Å². The Morgan fingerprint density at radius 3 is 2.88 bits per heavy atom. The minimum Gasteiger partial charge on any atom is -0.321 e. The van der Waals surface area contributed by atoms with Gasteiger partial charge in [-0.3, -0.25) is 9.59 Å². The van der Waals surface area contributed by atoms with E-state index in [1.54, 1.807) is 30.8 Å². The molecule has 1 N–H and O–H groups in total. The van der Waals surface area contributed by atoms with E-state index in [0.717, 1.165) is 0 Å². The Balaban J connectivity index is 2.25. The molecule has 0 aromatic carbocycles. The van der Waals surface area contributed by atoms with Crippen molar-refractivity contribution in [1.82, 2.24) is 4.57 Å². The normalized spacial score (nSPS) is 10.2. The first-order chi connectivity index (χ1) is 8.08. The molecule has 0 bridgehead atoms. The second-order valence-corrected chi connectivity index (χ2v) is 5.09. The number of halogens is 1. The lowest BCUT2D eigenvalue weighted by molar-refractivity contribution is 0.102. The van der Waals surface area contributed by atoms with Crippen LogP contribution in [-0.2, 0) is 7.05 Å². The molecule has 2 rings (SSSR count). The van der Waals surface area contributed by atoms with Crippen molar-refractivity contribution in [1.29, 1.82) is 0 Å². The number of hydrogen-bond acceptors (Lipinski definition) is 3. The summed E-state index contributed by atoms with van der Waals surface area (Å²) >= 11 is 4.61. The van der Waals surface area contributed by atoms with Crippen LogP contribution in [0.25, 0.3) is 0 Å². The van der Waals surface area contributed by atoms with Crippen LogP contribution in [0.4, 0.5) is 5.69 Å². The van der Waals surface area contributed by atoms with Crippen LogP contribution in [0.15, 0.2) is 38.4 Å². The molecule has 0 saturated heterocycles. The number of nitrogens with zero attached hydrogens (tertiary/aromatic N) is 1. The van der Waals surface area contributed by atoms with E-state index in [-0.39, 0.29) is 11.5 Å². The predicted octanol–water partition coefficient (Wildman–Crippen LogP) is 2.46. The zero-order chi connectivity index (χ0) is 12.4. The van der Waals surface area contributed by atoms with Gasteiger partial charge in [0, 0.05) is 18.6 Å². The van der Waals surface area contributed by atoms with Gasteiger partial charge in [0.15, 0.2) is 0 Å². The number of nitrogens with one attached hydrogen (secondary N) is 1. The van der Waals surface area contributed by atoms with Crippen LogP contribution in [0.5, 0.6) is 0 Å². The summed E-state index contributed by atoms with van der Waals surface area (Å²) in [5, 5.41) is 6.34. The average Bonchev–Trinajstić information content (AvgIpc) is 2.79. The first kappa shape index (κ1) is 12.1. The average molecular weight is 313 g/mol. The summed E-state index contributed by atoms with van der Waals surface area (Å²) in [7, 11) is 1.63. The number of carbonyl (C=O) groups excluding carboxylic acids is 1. The number of rotatable bonds is 2. The fourth-order valence-corrected chi connectivity index (χ4v) is 2.50. The molecule has 0 atom stereocenters. The number of anilines is 1. The van der Waals surface area contributed by atoms with Crippen molar-refractivity contribution in [2.45, 2.75) is 0 Å². The molecule has 17 heavy (non-hydrogen) atoms. The van der Waals surface area contributed by atoms with E-state index in [9.17, 15) is 9.59 Å². The van der Waals surface area contributed by atoms with Crippen LogP contribution in [0.2, 0.25) is 0 Å². The fraction of sp³-hybridized carbons (Fsp3) is 0.0909. The SMILES string of the molecule is Cn1cc(NC(=O)c2ccsc2)cc(Br)c1=O. The molecular formula is C11H9BrN2O2S. The second kappa shape index (κ2) is 4.85. The molecule has 0 saturated carbocycles. The maximum Gasteiger partial charge on any atom is 0.264 e. The van der Waals surface area contributed by atoms with E-state index >= 15 is 0 Å². The fourth-order valence-electron chi connectivity index (χ4n) is 1.34. The van der Waals surface area contributed by atoms with Crippen LogP contribution in [-0.4, -0.2) is 10.5 Å². The first-order valence-corrected chi connectivity index (χ1v) is 6.51. The molecule has 2 aromatic heterocycles. The molecule has 2 heterocycles. The third-order valence-electron chi connectivity index (χ3n) is 2.18. The number of thiophene rings is 1. The van der Waals surface area contributed by atoms with Crippen LogP contribution in [0, 0.1) is 0 Å². The summed E-state index contributed by atoms with van der Waals surface area (Å²) in [6.07, 6.45) is 1.58. The van der Waals surface area contributed by atoms with Crippen LogP contribution in [0.1, 0.15) is 10.4 Å². The Morgan fingerprint density at radius 1 is 1.53 bits per heavy atom. The quantitative estimate of drug-likeness (QED) is 0.926. The van der Waals surface area contributed by atoms with Crippen molar-refractivity contribution in [3.63, 3.8) is 0 Å². The Bertz CT molecular complexity index is 578. The van der Waals surface area contributed by atoms with Gasteiger partial charge in [0.1, 0.15) is 0 Å². The topological polar surface area (TPSA) is 51.1 Å². The molecule has 1 amide bonds. The summed E-state index contributed by atoms with van der Waals surface area (Å²) in [6, 6.07) is 3.34. The van der Waals surface area contributed by atoms with Gasteiger partial charge >= 0.3 is 0 Å². The number of carbonyl (C=O) groups is 1. The van der Waals surface area contributed by atoms with E-state index in [1.165, 1.54) is 15.9 Å². The summed E-state index contributed by atoms with van der Waals surface area (Å²) in [5.74, 6) is -0.184. The van der Waals surface area contributed by atoms with Crippen molar-refractivity contribution >= 4 is 38.9 Å². The minimum atomic E-state index is -0.184. The van der Waals surface area contributed by atoms with Crippen molar-refractivity contribution in [2.24, 2.45) is 7.05 Å². The van der Waals surface area contributed by atoms with Gasteiger partial charge in [0.25, 0.3) is 11.5 Å². The Kier molecular flexibility index (Phi) is 3.44. The lowest BCUT2D eigenvalue weighted by Crippen LogP contribution is -2.19. The number of hydrogen-bond donors (Lipinski definition) is 1. The molecule has 6 heteroatoms.